The fourth-order valence-electron chi connectivity index (χ4n) is 3.35. The normalized spacial score (nSPS) is 11.6. The van der Waals surface area contributed by atoms with Gasteiger partial charge in [-0.05, 0) is 50.6 Å². The zero-order chi connectivity index (χ0) is 21.1. The number of fused-ring (bicyclic) bond motifs is 3. The van der Waals surface area contributed by atoms with Gasteiger partial charge in [-0.15, -0.1) is 10.2 Å². The van der Waals surface area contributed by atoms with Gasteiger partial charge in [-0.1, -0.05) is 18.2 Å². The molecule has 0 radical (unpaired) electrons. The van der Waals surface area contributed by atoms with Crippen molar-refractivity contribution in [2.24, 2.45) is 5.10 Å². The van der Waals surface area contributed by atoms with Gasteiger partial charge in [0.15, 0.2) is 17.1 Å². The molecule has 0 spiro atoms. The molecule has 2 heterocycles. The molecule has 0 bridgehead atoms. The summed E-state index contributed by atoms with van der Waals surface area (Å²) in [6.45, 7) is 6.82. The number of benzene rings is 2. The standard InChI is InChI=1S/C22H24N6O2/c1-5-28-17-9-7-6-8-16(17)20-21(28)24-22(27-25-20)26-23-13-15-10-11-18(30-14(2)3)19(12-15)29-4/h6-14H,5H2,1-4H3,(H,24,26,27)/b23-13+. The van der Waals surface area contributed by atoms with Crippen molar-refractivity contribution in [3.8, 4) is 11.5 Å². The van der Waals surface area contributed by atoms with E-state index in [0.717, 1.165) is 34.2 Å². The molecule has 0 atom stereocenters. The van der Waals surface area contributed by atoms with Gasteiger partial charge < -0.3 is 14.0 Å². The van der Waals surface area contributed by atoms with Crippen LogP contribution in [0.3, 0.4) is 0 Å². The molecule has 30 heavy (non-hydrogen) atoms. The number of ether oxygens (including phenoxy) is 2. The molecule has 0 saturated carbocycles. The van der Waals surface area contributed by atoms with E-state index < -0.39 is 0 Å². The van der Waals surface area contributed by atoms with E-state index in [1.165, 1.54) is 0 Å². The zero-order valence-corrected chi connectivity index (χ0v) is 17.5. The van der Waals surface area contributed by atoms with E-state index >= 15 is 0 Å². The van der Waals surface area contributed by atoms with E-state index in [2.05, 4.69) is 43.3 Å². The Balaban J connectivity index is 1.57. The number of hydrogen-bond donors (Lipinski definition) is 1. The third kappa shape index (κ3) is 3.76. The molecule has 0 aliphatic rings. The lowest BCUT2D eigenvalue weighted by molar-refractivity contribution is 0.230. The summed E-state index contributed by atoms with van der Waals surface area (Å²) in [5, 5.41) is 13.8. The Labute approximate surface area is 174 Å². The van der Waals surface area contributed by atoms with E-state index in [4.69, 9.17) is 9.47 Å². The van der Waals surface area contributed by atoms with Gasteiger partial charge in [-0.25, -0.2) is 5.43 Å². The van der Waals surface area contributed by atoms with Crippen molar-refractivity contribution >= 4 is 34.2 Å². The van der Waals surface area contributed by atoms with Gasteiger partial charge in [-0.2, -0.15) is 10.1 Å². The maximum atomic E-state index is 5.74. The van der Waals surface area contributed by atoms with Crippen LogP contribution in [-0.2, 0) is 6.54 Å². The second-order valence-corrected chi connectivity index (χ2v) is 7.02. The summed E-state index contributed by atoms with van der Waals surface area (Å²) < 4.78 is 13.3. The average molecular weight is 404 g/mol. The lowest BCUT2D eigenvalue weighted by atomic mass is 10.2. The van der Waals surface area contributed by atoms with E-state index in [1.807, 2.05) is 50.2 Å². The topological polar surface area (TPSA) is 86.5 Å². The van der Waals surface area contributed by atoms with Gasteiger partial charge in [-0.3, -0.25) is 0 Å². The highest BCUT2D eigenvalue weighted by Crippen LogP contribution is 2.29. The van der Waals surface area contributed by atoms with Crippen LogP contribution in [0.4, 0.5) is 5.95 Å². The summed E-state index contributed by atoms with van der Waals surface area (Å²) in [5.74, 6) is 1.69. The van der Waals surface area contributed by atoms with E-state index in [0.29, 0.717) is 17.4 Å². The molecule has 154 valence electrons. The lowest BCUT2D eigenvalue weighted by Gasteiger charge is -2.13. The first-order valence-electron chi connectivity index (χ1n) is 9.86. The molecule has 2 aromatic heterocycles. The van der Waals surface area contributed by atoms with Gasteiger partial charge in [0.2, 0.25) is 0 Å². The van der Waals surface area contributed by atoms with Crippen LogP contribution in [-0.4, -0.2) is 39.2 Å². The number of hydrogen-bond acceptors (Lipinski definition) is 7. The van der Waals surface area contributed by atoms with Gasteiger partial charge in [0.1, 0.15) is 5.52 Å². The van der Waals surface area contributed by atoms with Crippen molar-refractivity contribution in [2.45, 2.75) is 33.4 Å². The van der Waals surface area contributed by atoms with Crippen molar-refractivity contribution in [3.05, 3.63) is 48.0 Å². The van der Waals surface area contributed by atoms with Crippen molar-refractivity contribution < 1.29 is 9.47 Å². The van der Waals surface area contributed by atoms with Gasteiger partial charge in [0.25, 0.3) is 5.95 Å². The molecule has 0 unspecified atom stereocenters. The van der Waals surface area contributed by atoms with Crippen LogP contribution in [0.5, 0.6) is 11.5 Å². The SMILES string of the molecule is CCn1c2ccccc2c2nnc(N/N=C/c3ccc(OC(C)C)c(OC)c3)nc21. The second kappa shape index (κ2) is 8.36. The first kappa shape index (κ1) is 19.6. The van der Waals surface area contributed by atoms with Gasteiger partial charge >= 0.3 is 0 Å². The van der Waals surface area contributed by atoms with E-state index in [9.17, 15) is 0 Å². The molecular formula is C22H24N6O2. The maximum absolute atomic E-state index is 5.74. The number of para-hydroxylation sites is 1. The Hall–Kier alpha value is -3.68. The summed E-state index contributed by atoms with van der Waals surface area (Å²) in [5.41, 5.74) is 6.37. The number of rotatable bonds is 7. The molecule has 0 fully saturated rings. The number of anilines is 1. The number of methoxy groups -OCH3 is 1. The van der Waals surface area contributed by atoms with Crippen LogP contribution in [0.1, 0.15) is 26.3 Å². The van der Waals surface area contributed by atoms with Crippen LogP contribution >= 0.6 is 0 Å². The Kier molecular flexibility index (Phi) is 5.47. The molecule has 4 rings (SSSR count). The zero-order valence-electron chi connectivity index (χ0n) is 17.5. The molecule has 1 N–H and O–H groups in total. The fraction of sp³-hybridized carbons (Fsp3) is 0.273. The third-order valence-corrected chi connectivity index (χ3v) is 4.62. The molecule has 0 saturated heterocycles. The average Bonchev–Trinajstić information content (AvgIpc) is 3.07. The Bertz CT molecular complexity index is 1220. The summed E-state index contributed by atoms with van der Waals surface area (Å²) in [6, 6.07) is 13.7. The summed E-state index contributed by atoms with van der Waals surface area (Å²) in [6.07, 6.45) is 1.74. The second-order valence-electron chi connectivity index (χ2n) is 7.02. The fourth-order valence-corrected chi connectivity index (χ4v) is 3.35. The van der Waals surface area contributed by atoms with Crippen LogP contribution in [0.15, 0.2) is 47.6 Å². The van der Waals surface area contributed by atoms with Gasteiger partial charge in [0.05, 0.1) is 24.9 Å². The van der Waals surface area contributed by atoms with E-state index in [1.54, 1.807) is 13.3 Å². The highest BCUT2D eigenvalue weighted by molar-refractivity contribution is 6.04. The highest BCUT2D eigenvalue weighted by atomic mass is 16.5. The monoisotopic (exact) mass is 404 g/mol. The summed E-state index contributed by atoms with van der Waals surface area (Å²) in [4.78, 5) is 4.61. The Morgan fingerprint density at radius 3 is 2.73 bits per heavy atom. The Morgan fingerprint density at radius 1 is 1.13 bits per heavy atom. The molecule has 2 aromatic carbocycles. The van der Waals surface area contributed by atoms with Crippen LogP contribution in [0, 0.1) is 0 Å². The van der Waals surface area contributed by atoms with Crippen LogP contribution in [0.2, 0.25) is 0 Å². The minimum atomic E-state index is 0.0679. The molecule has 0 aliphatic carbocycles. The summed E-state index contributed by atoms with van der Waals surface area (Å²) >= 11 is 0. The number of nitrogens with zero attached hydrogens (tertiary/aromatic N) is 5. The van der Waals surface area contributed by atoms with Crippen LogP contribution < -0.4 is 14.9 Å². The van der Waals surface area contributed by atoms with Crippen molar-refractivity contribution in [3.63, 3.8) is 0 Å². The smallest absolute Gasteiger partial charge is 0.265 e. The third-order valence-electron chi connectivity index (χ3n) is 4.62. The predicted molar refractivity (Wildman–Crippen MR) is 118 cm³/mol. The predicted octanol–water partition coefficient (Wildman–Crippen LogP) is 4.24. The molecule has 8 heteroatoms. The maximum Gasteiger partial charge on any atom is 0.265 e. The molecule has 8 nitrogen and oxygen atoms in total. The van der Waals surface area contributed by atoms with Crippen LogP contribution in [0.25, 0.3) is 22.1 Å². The first-order valence-corrected chi connectivity index (χ1v) is 9.86. The van der Waals surface area contributed by atoms with Crippen molar-refractivity contribution in [1.82, 2.24) is 19.7 Å². The number of aryl methyl sites for hydroxylation is 1. The minimum absolute atomic E-state index is 0.0679. The Morgan fingerprint density at radius 2 is 1.97 bits per heavy atom. The molecule has 0 amide bonds. The molecule has 0 aliphatic heterocycles. The number of aromatic nitrogens is 4. The number of nitrogens with one attached hydrogen (secondary N) is 1. The first-order chi connectivity index (χ1) is 14.6. The van der Waals surface area contributed by atoms with E-state index in [-0.39, 0.29) is 6.10 Å². The minimum Gasteiger partial charge on any atom is -0.493 e. The van der Waals surface area contributed by atoms with Crippen molar-refractivity contribution in [2.75, 3.05) is 12.5 Å². The van der Waals surface area contributed by atoms with Gasteiger partial charge in [0, 0.05) is 11.9 Å². The number of hydrazone groups is 1. The molecular weight excluding hydrogens is 380 g/mol. The quantitative estimate of drug-likeness (QED) is 0.366. The molecule has 4 aromatic rings. The lowest BCUT2D eigenvalue weighted by Crippen LogP contribution is -2.07. The largest absolute Gasteiger partial charge is 0.493 e. The highest BCUT2D eigenvalue weighted by Gasteiger charge is 2.13. The van der Waals surface area contributed by atoms with Crippen molar-refractivity contribution in [1.29, 1.82) is 0 Å². The summed E-state index contributed by atoms with van der Waals surface area (Å²) in [7, 11) is 1.61.